The van der Waals surface area contributed by atoms with Gasteiger partial charge in [-0.3, -0.25) is 0 Å². The first-order valence-electron chi connectivity index (χ1n) is 9.21. The van der Waals surface area contributed by atoms with E-state index in [-0.39, 0.29) is 5.67 Å². The molecule has 0 amide bonds. The molecule has 23 heavy (non-hydrogen) atoms. The van der Waals surface area contributed by atoms with E-state index in [9.17, 15) is 0 Å². The SMILES string of the molecule is CCCC(N([Si](C)(C)C)[Si](C)(C)C)[Si](OCC)(OCC)OCC. The van der Waals surface area contributed by atoms with Crippen LogP contribution in [0, 0.1) is 0 Å². The number of hydrogen-bond acceptors (Lipinski definition) is 4. The van der Waals surface area contributed by atoms with E-state index in [1.807, 2.05) is 0 Å². The van der Waals surface area contributed by atoms with Gasteiger partial charge < -0.3 is 17.5 Å². The molecule has 0 spiro atoms. The van der Waals surface area contributed by atoms with Crippen molar-refractivity contribution in [3.8, 4) is 0 Å². The Bertz CT molecular complexity index is 298. The van der Waals surface area contributed by atoms with Crippen molar-refractivity contribution in [2.45, 2.75) is 85.5 Å². The van der Waals surface area contributed by atoms with Gasteiger partial charge in [-0.1, -0.05) is 52.6 Å². The summed E-state index contributed by atoms with van der Waals surface area (Å²) in [5, 5.41) is 0. The van der Waals surface area contributed by atoms with E-state index in [1.54, 1.807) is 0 Å². The highest BCUT2D eigenvalue weighted by molar-refractivity contribution is 6.91. The van der Waals surface area contributed by atoms with Gasteiger partial charge in [-0.25, -0.2) is 0 Å². The maximum Gasteiger partial charge on any atom is 0.517 e. The molecule has 0 aromatic heterocycles. The van der Waals surface area contributed by atoms with Gasteiger partial charge in [-0.15, -0.1) is 0 Å². The quantitative estimate of drug-likeness (QED) is 0.459. The standard InChI is InChI=1S/C16H41NO3Si3/c1-11-15-16(17(21(5,6)7)22(8,9)10)23(18-12-2,19-13-3)20-14-4/h16H,11-15H2,1-10H3. The highest BCUT2D eigenvalue weighted by atomic mass is 28.4. The summed E-state index contributed by atoms with van der Waals surface area (Å²) in [6.07, 6.45) is 2.21. The highest BCUT2D eigenvalue weighted by Crippen LogP contribution is 2.32. The van der Waals surface area contributed by atoms with E-state index in [1.165, 1.54) is 0 Å². The summed E-state index contributed by atoms with van der Waals surface area (Å²) in [5.74, 6) is 0. The molecule has 1 atom stereocenters. The minimum absolute atomic E-state index is 0.283. The molecule has 7 heteroatoms. The lowest BCUT2D eigenvalue weighted by atomic mass is 10.3. The fraction of sp³-hybridized carbons (Fsp3) is 1.00. The van der Waals surface area contributed by atoms with Gasteiger partial charge in [0.2, 0.25) is 0 Å². The van der Waals surface area contributed by atoms with Crippen molar-refractivity contribution in [3.63, 3.8) is 0 Å². The third kappa shape index (κ3) is 6.72. The Morgan fingerprint density at radius 3 is 1.26 bits per heavy atom. The first kappa shape index (κ1) is 23.5. The summed E-state index contributed by atoms with van der Waals surface area (Å²) >= 11 is 0. The summed E-state index contributed by atoms with van der Waals surface area (Å²) in [6, 6.07) is 0. The molecule has 0 fully saturated rings. The van der Waals surface area contributed by atoms with Gasteiger partial charge in [0.05, 0.1) is 5.67 Å². The van der Waals surface area contributed by atoms with Gasteiger partial charge in [0, 0.05) is 19.8 Å². The van der Waals surface area contributed by atoms with Crippen LogP contribution in [0.1, 0.15) is 40.5 Å². The molecule has 0 aliphatic rings. The van der Waals surface area contributed by atoms with Crippen LogP contribution in [0.15, 0.2) is 0 Å². The molecule has 0 aromatic carbocycles. The maximum absolute atomic E-state index is 6.29. The Morgan fingerprint density at radius 2 is 1.04 bits per heavy atom. The van der Waals surface area contributed by atoms with Crippen LogP contribution in [0.4, 0.5) is 0 Å². The average molecular weight is 380 g/mol. The first-order valence-corrected chi connectivity index (χ1v) is 17.9. The largest absolute Gasteiger partial charge is 0.517 e. The molecule has 0 aliphatic carbocycles. The van der Waals surface area contributed by atoms with Crippen LogP contribution < -0.4 is 0 Å². The van der Waals surface area contributed by atoms with Crippen LogP contribution in [-0.4, -0.2) is 55.0 Å². The Labute approximate surface area is 148 Å². The van der Waals surface area contributed by atoms with E-state index in [0.717, 1.165) is 12.8 Å². The Kier molecular flexibility index (Phi) is 10.0. The van der Waals surface area contributed by atoms with Gasteiger partial charge in [-0.2, -0.15) is 0 Å². The zero-order valence-electron chi connectivity index (χ0n) is 17.3. The Hall–Kier alpha value is 0.491. The molecule has 0 rings (SSSR count). The molecule has 1 unspecified atom stereocenters. The second-order valence-electron chi connectivity index (χ2n) is 7.92. The van der Waals surface area contributed by atoms with Crippen molar-refractivity contribution in [2.75, 3.05) is 19.8 Å². The number of nitrogens with zero attached hydrogens (tertiary/aromatic N) is 1. The predicted octanol–water partition coefficient (Wildman–Crippen LogP) is 4.71. The summed E-state index contributed by atoms with van der Waals surface area (Å²) < 4.78 is 21.7. The van der Waals surface area contributed by atoms with Crippen LogP contribution in [0.2, 0.25) is 39.3 Å². The highest BCUT2D eigenvalue weighted by Gasteiger charge is 2.56. The summed E-state index contributed by atoms with van der Waals surface area (Å²) in [7, 11) is -5.79. The van der Waals surface area contributed by atoms with Gasteiger partial charge in [-0.05, 0) is 27.2 Å². The van der Waals surface area contributed by atoms with Gasteiger partial charge in [0.15, 0.2) is 0 Å². The fourth-order valence-corrected chi connectivity index (χ4v) is 20.1. The molecule has 0 aliphatic heterocycles. The zero-order chi connectivity index (χ0) is 18.3. The van der Waals surface area contributed by atoms with Crippen LogP contribution in [0.5, 0.6) is 0 Å². The van der Waals surface area contributed by atoms with Crippen molar-refractivity contribution in [1.29, 1.82) is 0 Å². The monoisotopic (exact) mass is 379 g/mol. The minimum Gasteiger partial charge on any atom is -0.373 e. The van der Waals surface area contributed by atoms with Crippen LogP contribution >= 0.6 is 0 Å². The molecule has 0 saturated heterocycles. The maximum atomic E-state index is 6.29. The summed E-state index contributed by atoms with van der Waals surface area (Å²) in [4.78, 5) is 0. The molecular formula is C16H41NO3Si3. The predicted molar refractivity (Wildman–Crippen MR) is 108 cm³/mol. The molecule has 0 N–H and O–H groups in total. The lowest BCUT2D eigenvalue weighted by Crippen LogP contribution is -2.73. The van der Waals surface area contributed by atoms with Crippen LogP contribution in [0.25, 0.3) is 0 Å². The van der Waals surface area contributed by atoms with Gasteiger partial charge in [0.25, 0.3) is 0 Å². The lowest BCUT2D eigenvalue weighted by molar-refractivity contribution is 0.0513. The Morgan fingerprint density at radius 1 is 0.696 bits per heavy atom. The second-order valence-corrected chi connectivity index (χ2v) is 20.8. The van der Waals surface area contributed by atoms with E-state index >= 15 is 0 Å². The molecule has 140 valence electrons. The number of hydrogen-bond donors (Lipinski definition) is 0. The average Bonchev–Trinajstić information content (AvgIpc) is 2.35. The fourth-order valence-electron chi connectivity index (χ4n) is 3.70. The lowest BCUT2D eigenvalue weighted by Gasteiger charge is -2.52. The molecule has 0 heterocycles. The van der Waals surface area contributed by atoms with E-state index in [0.29, 0.717) is 19.8 Å². The first-order chi connectivity index (χ1) is 10.5. The van der Waals surface area contributed by atoms with Gasteiger partial charge >= 0.3 is 8.80 Å². The summed E-state index contributed by atoms with van der Waals surface area (Å²) in [5.41, 5.74) is 0.283. The second kappa shape index (κ2) is 9.84. The topological polar surface area (TPSA) is 30.9 Å². The molecule has 0 aromatic rings. The third-order valence-electron chi connectivity index (χ3n) is 3.76. The van der Waals surface area contributed by atoms with Crippen LogP contribution in [0.3, 0.4) is 0 Å². The van der Waals surface area contributed by atoms with Crippen molar-refractivity contribution in [1.82, 2.24) is 4.23 Å². The molecule has 0 saturated carbocycles. The number of rotatable bonds is 12. The molecule has 0 bridgehead atoms. The molecule has 0 radical (unpaired) electrons. The van der Waals surface area contributed by atoms with E-state index in [2.05, 4.69) is 71.2 Å². The van der Waals surface area contributed by atoms with Crippen molar-refractivity contribution in [3.05, 3.63) is 0 Å². The van der Waals surface area contributed by atoms with Crippen molar-refractivity contribution < 1.29 is 13.3 Å². The van der Waals surface area contributed by atoms with E-state index < -0.39 is 25.3 Å². The zero-order valence-corrected chi connectivity index (χ0v) is 20.3. The minimum atomic E-state index is -2.73. The molecular weight excluding hydrogens is 338 g/mol. The smallest absolute Gasteiger partial charge is 0.373 e. The molecule has 4 nitrogen and oxygen atoms in total. The Balaban J connectivity index is 6.08. The van der Waals surface area contributed by atoms with Crippen LogP contribution in [-0.2, 0) is 13.3 Å². The van der Waals surface area contributed by atoms with Crippen molar-refractivity contribution >= 4 is 25.3 Å². The third-order valence-corrected chi connectivity index (χ3v) is 15.3. The summed E-state index contributed by atoms with van der Waals surface area (Å²) in [6.45, 7) is 25.0. The van der Waals surface area contributed by atoms with Gasteiger partial charge in [0.1, 0.15) is 16.5 Å². The van der Waals surface area contributed by atoms with Crippen molar-refractivity contribution in [2.24, 2.45) is 0 Å². The van der Waals surface area contributed by atoms with E-state index in [4.69, 9.17) is 13.3 Å². The normalized spacial score (nSPS) is 15.3.